The Bertz CT molecular complexity index is 493. The van der Waals surface area contributed by atoms with Gasteiger partial charge in [0.25, 0.3) is 5.89 Å². The van der Waals surface area contributed by atoms with Gasteiger partial charge in [-0.05, 0) is 29.5 Å². The first kappa shape index (κ1) is 11.5. The molecule has 2 rings (SSSR count). The highest BCUT2D eigenvalue weighted by Crippen LogP contribution is 2.22. The summed E-state index contributed by atoms with van der Waals surface area (Å²) in [7, 11) is 3.45. The molecule has 6 nitrogen and oxygen atoms in total. The second-order valence-electron chi connectivity index (χ2n) is 3.33. The summed E-state index contributed by atoms with van der Waals surface area (Å²) in [6.07, 6.45) is 1.69. The van der Waals surface area contributed by atoms with Gasteiger partial charge in [-0.25, -0.2) is 0 Å². The molecule has 0 unspecified atom stereocenters. The third-order valence-corrected chi connectivity index (χ3v) is 2.93. The zero-order valence-electron chi connectivity index (χ0n) is 9.14. The van der Waals surface area contributed by atoms with Gasteiger partial charge < -0.3 is 9.26 Å². The molecule has 0 fully saturated rings. The SMILES string of the molecule is CO[C@@H](C)c1nc(-c2nn(C)cc2I)no1. The first-order chi connectivity index (χ1) is 7.61. The van der Waals surface area contributed by atoms with Crippen LogP contribution in [0.4, 0.5) is 0 Å². The molecular weight excluding hydrogens is 323 g/mol. The van der Waals surface area contributed by atoms with E-state index in [9.17, 15) is 0 Å². The minimum atomic E-state index is -0.206. The smallest absolute Gasteiger partial charge is 0.255 e. The van der Waals surface area contributed by atoms with Crippen LogP contribution in [0, 0.1) is 3.57 Å². The first-order valence-electron chi connectivity index (χ1n) is 4.67. The van der Waals surface area contributed by atoms with E-state index in [0.29, 0.717) is 11.7 Å². The minimum Gasteiger partial charge on any atom is -0.372 e. The van der Waals surface area contributed by atoms with Crippen LogP contribution in [0.25, 0.3) is 11.5 Å². The van der Waals surface area contributed by atoms with Gasteiger partial charge in [-0.1, -0.05) is 5.16 Å². The van der Waals surface area contributed by atoms with Crippen molar-refractivity contribution in [1.29, 1.82) is 0 Å². The molecule has 0 aliphatic rings. The maximum absolute atomic E-state index is 5.10. The Morgan fingerprint density at radius 3 is 2.88 bits per heavy atom. The van der Waals surface area contributed by atoms with Crippen LogP contribution in [0.2, 0.25) is 0 Å². The molecule has 16 heavy (non-hydrogen) atoms. The lowest BCUT2D eigenvalue weighted by Gasteiger charge is -2.00. The number of ether oxygens (including phenoxy) is 1. The van der Waals surface area contributed by atoms with Crippen molar-refractivity contribution >= 4 is 22.6 Å². The van der Waals surface area contributed by atoms with Gasteiger partial charge in [0, 0.05) is 20.4 Å². The average molecular weight is 334 g/mol. The summed E-state index contributed by atoms with van der Waals surface area (Å²) in [6.45, 7) is 1.85. The Kier molecular flexibility index (Phi) is 3.24. The van der Waals surface area contributed by atoms with Crippen molar-refractivity contribution in [1.82, 2.24) is 19.9 Å². The van der Waals surface area contributed by atoms with Crippen molar-refractivity contribution in [2.24, 2.45) is 7.05 Å². The number of halogens is 1. The molecule has 0 amide bonds. The molecule has 86 valence electrons. The molecule has 0 aromatic carbocycles. The highest BCUT2D eigenvalue weighted by atomic mass is 127. The molecule has 2 aromatic heterocycles. The molecule has 2 aromatic rings. The number of hydrogen-bond acceptors (Lipinski definition) is 5. The van der Waals surface area contributed by atoms with E-state index in [-0.39, 0.29) is 6.10 Å². The highest BCUT2D eigenvalue weighted by molar-refractivity contribution is 14.1. The van der Waals surface area contributed by atoms with Crippen LogP contribution in [0.3, 0.4) is 0 Å². The summed E-state index contributed by atoms with van der Waals surface area (Å²) in [4.78, 5) is 4.24. The predicted molar refractivity (Wildman–Crippen MR) is 64.6 cm³/mol. The van der Waals surface area contributed by atoms with Crippen molar-refractivity contribution in [3.8, 4) is 11.5 Å². The molecular formula is C9H11IN4O2. The van der Waals surface area contributed by atoms with Crippen LogP contribution in [0.15, 0.2) is 10.7 Å². The molecule has 0 saturated carbocycles. The van der Waals surface area contributed by atoms with Crippen molar-refractivity contribution in [2.75, 3.05) is 7.11 Å². The van der Waals surface area contributed by atoms with E-state index in [1.165, 1.54) is 0 Å². The molecule has 0 aliphatic heterocycles. The quantitative estimate of drug-likeness (QED) is 0.801. The van der Waals surface area contributed by atoms with Gasteiger partial charge in [0.05, 0.1) is 3.57 Å². The van der Waals surface area contributed by atoms with E-state index >= 15 is 0 Å². The Hall–Kier alpha value is -0.960. The van der Waals surface area contributed by atoms with E-state index in [4.69, 9.17) is 9.26 Å². The summed E-state index contributed by atoms with van der Waals surface area (Å²) in [5, 5.41) is 8.15. The van der Waals surface area contributed by atoms with Gasteiger partial charge in [-0.2, -0.15) is 10.1 Å². The fourth-order valence-electron chi connectivity index (χ4n) is 1.21. The van der Waals surface area contributed by atoms with Crippen LogP contribution < -0.4 is 0 Å². The molecule has 0 spiro atoms. The van der Waals surface area contributed by atoms with Crippen molar-refractivity contribution in [2.45, 2.75) is 13.0 Å². The van der Waals surface area contributed by atoms with Crippen LogP contribution in [-0.2, 0) is 11.8 Å². The summed E-state index contributed by atoms with van der Waals surface area (Å²) < 4.78 is 12.9. The number of aromatic nitrogens is 4. The summed E-state index contributed by atoms with van der Waals surface area (Å²) >= 11 is 2.18. The standard InChI is InChI=1S/C9H11IN4O2/c1-5(15-3)9-11-8(13-16-9)7-6(10)4-14(2)12-7/h4-5H,1-3H3/t5-/m0/s1. The lowest BCUT2D eigenvalue weighted by atomic mass is 10.4. The second-order valence-corrected chi connectivity index (χ2v) is 4.50. The number of methoxy groups -OCH3 is 1. The zero-order valence-corrected chi connectivity index (χ0v) is 11.3. The van der Waals surface area contributed by atoms with E-state index in [0.717, 1.165) is 9.26 Å². The zero-order chi connectivity index (χ0) is 11.7. The monoisotopic (exact) mass is 334 g/mol. The van der Waals surface area contributed by atoms with Crippen LogP contribution in [0.5, 0.6) is 0 Å². The summed E-state index contributed by atoms with van der Waals surface area (Å²) in [6, 6.07) is 0. The Labute approximate surface area is 106 Å². The van der Waals surface area contributed by atoms with E-state index in [1.807, 2.05) is 20.2 Å². The summed E-state index contributed by atoms with van der Waals surface area (Å²) in [5.41, 5.74) is 0.724. The largest absolute Gasteiger partial charge is 0.372 e. The summed E-state index contributed by atoms with van der Waals surface area (Å²) in [5.74, 6) is 0.947. The van der Waals surface area contributed by atoms with Gasteiger partial charge in [0.15, 0.2) is 0 Å². The number of aryl methyl sites for hydroxylation is 1. The fourth-order valence-corrected chi connectivity index (χ4v) is 1.96. The minimum absolute atomic E-state index is 0.206. The van der Waals surface area contributed by atoms with Crippen molar-refractivity contribution in [3.63, 3.8) is 0 Å². The molecule has 0 N–H and O–H groups in total. The Morgan fingerprint density at radius 1 is 1.56 bits per heavy atom. The molecule has 1 atom stereocenters. The molecule has 0 saturated heterocycles. The number of nitrogens with zero attached hydrogens (tertiary/aromatic N) is 4. The van der Waals surface area contributed by atoms with Gasteiger partial charge in [-0.15, -0.1) is 0 Å². The molecule has 2 heterocycles. The lowest BCUT2D eigenvalue weighted by molar-refractivity contribution is 0.0886. The fraction of sp³-hybridized carbons (Fsp3) is 0.444. The van der Waals surface area contributed by atoms with Crippen LogP contribution >= 0.6 is 22.6 Å². The van der Waals surface area contributed by atoms with Gasteiger partial charge in [-0.3, -0.25) is 4.68 Å². The normalized spacial score (nSPS) is 13.0. The third kappa shape index (κ3) is 2.09. The number of hydrogen-bond donors (Lipinski definition) is 0. The third-order valence-electron chi connectivity index (χ3n) is 2.14. The van der Waals surface area contributed by atoms with E-state index in [1.54, 1.807) is 11.8 Å². The van der Waals surface area contributed by atoms with E-state index < -0.39 is 0 Å². The van der Waals surface area contributed by atoms with Crippen molar-refractivity contribution < 1.29 is 9.26 Å². The molecule has 7 heteroatoms. The maximum Gasteiger partial charge on any atom is 0.255 e. The van der Waals surface area contributed by atoms with Crippen LogP contribution in [0.1, 0.15) is 18.9 Å². The predicted octanol–water partition coefficient (Wildman–Crippen LogP) is 1.78. The van der Waals surface area contributed by atoms with E-state index in [2.05, 4.69) is 37.8 Å². The average Bonchev–Trinajstić information content (AvgIpc) is 2.83. The molecule has 0 aliphatic carbocycles. The number of rotatable bonds is 3. The van der Waals surface area contributed by atoms with Gasteiger partial charge in [0.1, 0.15) is 11.8 Å². The topological polar surface area (TPSA) is 66.0 Å². The highest BCUT2D eigenvalue weighted by Gasteiger charge is 2.18. The lowest BCUT2D eigenvalue weighted by Crippen LogP contribution is -1.96. The Morgan fingerprint density at radius 2 is 2.31 bits per heavy atom. The molecule has 0 bridgehead atoms. The van der Waals surface area contributed by atoms with Crippen molar-refractivity contribution in [3.05, 3.63) is 15.7 Å². The van der Waals surface area contributed by atoms with Crippen LogP contribution in [-0.4, -0.2) is 27.0 Å². The molecule has 0 radical (unpaired) electrons. The van der Waals surface area contributed by atoms with Gasteiger partial charge in [0.2, 0.25) is 5.82 Å². The second kappa shape index (κ2) is 4.50. The first-order valence-corrected chi connectivity index (χ1v) is 5.75. The maximum atomic E-state index is 5.10. The Balaban J connectivity index is 2.35. The van der Waals surface area contributed by atoms with Gasteiger partial charge >= 0.3 is 0 Å².